The Morgan fingerprint density at radius 3 is 2.90 bits per heavy atom. The summed E-state index contributed by atoms with van der Waals surface area (Å²) in [4.78, 5) is 19.6. The Bertz CT molecular complexity index is 632. The van der Waals surface area contributed by atoms with E-state index < -0.39 is 5.97 Å². The summed E-state index contributed by atoms with van der Waals surface area (Å²) in [5.74, 6) is -0.361. The molecule has 0 aliphatic carbocycles. The Morgan fingerprint density at radius 2 is 2.25 bits per heavy atom. The van der Waals surface area contributed by atoms with Crippen LogP contribution in [0.2, 0.25) is 0 Å². The van der Waals surface area contributed by atoms with E-state index in [1.807, 2.05) is 25.3 Å². The molecule has 0 aliphatic rings. The number of ether oxygens (including phenoxy) is 1. The van der Waals surface area contributed by atoms with E-state index in [1.165, 1.54) is 18.0 Å². The number of aromatic nitrogens is 2. The molecule has 0 bridgehead atoms. The van der Waals surface area contributed by atoms with Gasteiger partial charge in [-0.3, -0.25) is 0 Å². The van der Waals surface area contributed by atoms with Gasteiger partial charge in [-0.05, 0) is 25.3 Å². The van der Waals surface area contributed by atoms with Gasteiger partial charge in [-0.1, -0.05) is 23.9 Å². The number of benzene rings is 1. The van der Waals surface area contributed by atoms with Crippen molar-refractivity contribution in [1.82, 2.24) is 9.97 Å². The van der Waals surface area contributed by atoms with Gasteiger partial charge in [0.05, 0.1) is 12.3 Å². The van der Waals surface area contributed by atoms with Gasteiger partial charge in [0.15, 0.2) is 5.16 Å². The van der Waals surface area contributed by atoms with Crippen molar-refractivity contribution in [2.75, 3.05) is 12.9 Å². The molecule has 2 rings (SSSR count). The van der Waals surface area contributed by atoms with Crippen LogP contribution in [-0.2, 0) is 0 Å². The van der Waals surface area contributed by atoms with Gasteiger partial charge >= 0.3 is 5.97 Å². The molecule has 0 saturated heterocycles. The molecule has 0 spiro atoms. The summed E-state index contributed by atoms with van der Waals surface area (Å²) in [6.45, 7) is 2.45. The molecule has 20 heavy (non-hydrogen) atoms. The fourth-order valence-corrected chi connectivity index (χ4v) is 2.08. The zero-order valence-corrected chi connectivity index (χ0v) is 12.0. The van der Waals surface area contributed by atoms with Gasteiger partial charge in [0.25, 0.3) is 0 Å². The molecule has 0 saturated carbocycles. The second-order valence-corrected chi connectivity index (χ2v) is 4.66. The van der Waals surface area contributed by atoms with Crippen LogP contribution in [0.5, 0.6) is 5.75 Å². The van der Waals surface area contributed by atoms with Crippen LogP contribution in [-0.4, -0.2) is 33.9 Å². The van der Waals surface area contributed by atoms with E-state index in [1.54, 1.807) is 12.1 Å². The van der Waals surface area contributed by atoms with Crippen molar-refractivity contribution < 1.29 is 14.6 Å². The minimum Gasteiger partial charge on any atom is -0.494 e. The van der Waals surface area contributed by atoms with Gasteiger partial charge in [-0.25, -0.2) is 14.8 Å². The van der Waals surface area contributed by atoms with E-state index in [-0.39, 0.29) is 5.56 Å². The fourth-order valence-electron chi connectivity index (χ4n) is 1.74. The van der Waals surface area contributed by atoms with Crippen LogP contribution in [0.4, 0.5) is 0 Å². The van der Waals surface area contributed by atoms with Crippen LogP contribution in [0.25, 0.3) is 11.3 Å². The third-order valence-corrected chi connectivity index (χ3v) is 3.16. The Kier molecular flexibility index (Phi) is 4.57. The SMILES string of the molecule is CCOc1cccc(-c2nc(SC)ncc2C(=O)O)c1. The van der Waals surface area contributed by atoms with Crippen LogP contribution >= 0.6 is 11.8 Å². The van der Waals surface area contributed by atoms with Crippen molar-refractivity contribution >= 4 is 17.7 Å². The minimum absolute atomic E-state index is 0.0800. The number of thioether (sulfide) groups is 1. The van der Waals surface area contributed by atoms with Gasteiger partial charge in [-0.2, -0.15) is 0 Å². The van der Waals surface area contributed by atoms with Crippen molar-refractivity contribution in [3.05, 3.63) is 36.0 Å². The highest BCUT2D eigenvalue weighted by Crippen LogP contribution is 2.26. The molecule has 1 heterocycles. The van der Waals surface area contributed by atoms with E-state index >= 15 is 0 Å². The van der Waals surface area contributed by atoms with Gasteiger partial charge in [0.2, 0.25) is 0 Å². The molecule has 1 aromatic heterocycles. The van der Waals surface area contributed by atoms with Crippen molar-refractivity contribution in [2.24, 2.45) is 0 Å². The lowest BCUT2D eigenvalue weighted by molar-refractivity contribution is 0.0696. The van der Waals surface area contributed by atoms with Crippen LogP contribution in [0, 0.1) is 0 Å². The van der Waals surface area contributed by atoms with Crippen LogP contribution < -0.4 is 4.74 Å². The first-order valence-corrected chi connectivity index (χ1v) is 7.25. The fraction of sp³-hybridized carbons (Fsp3) is 0.214. The summed E-state index contributed by atoms with van der Waals surface area (Å²) < 4.78 is 5.43. The summed E-state index contributed by atoms with van der Waals surface area (Å²) in [5, 5.41) is 9.78. The molecule has 1 N–H and O–H groups in total. The van der Waals surface area contributed by atoms with E-state index in [0.29, 0.717) is 28.8 Å². The van der Waals surface area contributed by atoms with Crippen LogP contribution in [0.3, 0.4) is 0 Å². The smallest absolute Gasteiger partial charge is 0.339 e. The molecule has 104 valence electrons. The van der Waals surface area contributed by atoms with Crippen molar-refractivity contribution in [1.29, 1.82) is 0 Å². The van der Waals surface area contributed by atoms with E-state index in [0.717, 1.165) is 0 Å². The zero-order chi connectivity index (χ0) is 14.5. The summed E-state index contributed by atoms with van der Waals surface area (Å²) in [6.07, 6.45) is 3.18. The van der Waals surface area contributed by atoms with Gasteiger partial charge < -0.3 is 9.84 Å². The number of carboxylic acids is 1. The number of carbonyl (C=O) groups is 1. The Balaban J connectivity index is 2.54. The number of hydrogen-bond donors (Lipinski definition) is 1. The van der Waals surface area contributed by atoms with E-state index in [2.05, 4.69) is 9.97 Å². The number of nitrogens with zero attached hydrogens (tertiary/aromatic N) is 2. The molecular weight excluding hydrogens is 276 g/mol. The average molecular weight is 290 g/mol. The third kappa shape index (κ3) is 3.08. The van der Waals surface area contributed by atoms with E-state index in [4.69, 9.17) is 4.74 Å². The molecule has 0 amide bonds. The quantitative estimate of drug-likeness (QED) is 0.674. The van der Waals surface area contributed by atoms with Gasteiger partial charge in [-0.15, -0.1) is 0 Å². The largest absolute Gasteiger partial charge is 0.494 e. The third-order valence-electron chi connectivity index (χ3n) is 2.60. The minimum atomic E-state index is -1.05. The molecule has 0 unspecified atom stereocenters. The molecule has 0 fully saturated rings. The summed E-state index contributed by atoms with van der Waals surface area (Å²) in [6, 6.07) is 7.22. The first-order chi connectivity index (χ1) is 9.65. The topological polar surface area (TPSA) is 72.3 Å². The molecule has 0 radical (unpaired) electrons. The van der Waals surface area contributed by atoms with Crippen molar-refractivity contribution in [3.63, 3.8) is 0 Å². The van der Waals surface area contributed by atoms with Gasteiger partial charge in [0.1, 0.15) is 11.3 Å². The summed E-state index contributed by atoms with van der Waals surface area (Å²) in [7, 11) is 0. The number of aromatic carboxylic acids is 1. The maximum Gasteiger partial charge on any atom is 0.339 e. The number of hydrogen-bond acceptors (Lipinski definition) is 5. The molecule has 5 nitrogen and oxygen atoms in total. The maximum atomic E-state index is 11.3. The highest BCUT2D eigenvalue weighted by molar-refractivity contribution is 7.98. The Hall–Kier alpha value is -2.08. The second kappa shape index (κ2) is 6.38. The molecule has 0 atom stereocenters. The Morgan fingerprint density at radius 1 is 1.45 bits per heavy atom. The van der Waals surface area contributed by atoms with Gasteiger partial charge in [0, 0.05) is 11.8 Å². The highest BCUT2D eigenvalue weighted by atomic mass is 32.2. The number of rotatable bonds is 5. The first-order valence-electron chi connectivity index (χ1n) is 6.03. The molecule has 6 heteroatoms. The van der Waals surface area contributed by atoms with Crippen LogP contribution in [0.1, 0.15) is 17.3 Å². The standard InChI is InChI=1S/C14H14N2O3S/c1-3-19-10-6-4-5-9(7-10)12-11(13(17)18)8-15-14(16-12)20-2/h4-8H,3H2,1-2H3,(H,17,18). The van der Waals surface area contributed by atoms with Crippen LogP contribution in [0.15, 0.2) is 35.6 Å². The predicted molar refractivity (Wildman–Crippen MR) is 77.4 cm³/mol. The summed E-state index contributed by atoms with van der Waals surface area (Å²) >= 11 is 1.37. The second-order valence-electron chi connectivity index (χ2n) is 3.88. The maximum absolute atomic E-state index is 11.3. The van der Waals surface area contributed by atoms with E-state index in [9.17, 15) is 9.90 Å². The molecule has 1 aromatic carbocycles. The average Bonchev–Trinajstić information content (AvgIpc) is 2.47. The molecule has 0 aliphatic heterocycles. The molecular formula is C14H14N2O3S. The lowest BCUT2D eigenvalue weighted by Crippen LogP contribution is -2.04. The lowest BCUT2D eigenvalue weighted by atomic mass is 10.1. The lowest BCUT2D eigenvalue weighted by Gasteiger charge is -2.08. The summed E-state index contributed by atoms with van der Waals surface area (Å²) in [5.41, 5.74) is 1.18. The Labute approximate surface area is 121 Å². The van der Waals surface area contributed by atoms with Crippen molar-refractivity contribution in [2.45, 2.75) is 12.1 Å². The first kappa shape index (κ1) is 14.3. The predicted octanol–water partition coefficient (Wildman–Crippen LogP) is 2.96. The van der Waals surface area contributed by atoms with Crippen molar-refractivity contribution in [3.8, 4) is 17.0 Å². The number of carboxylic acid groups (broad SMARTS) is 1. The monoisotopic (exact) mass is 290 g/mol. The zero-order valence-electron chi connectivity index (χ0n) is 11.2. The normalized spacial score (nSPS) is 10.3. The molecule has 2 aromatic rings. The highest BCUT2D eigenvalue weighted by Gasteiger charge is 2.15.